The van der Waals surface area contributed by atoms with E-state index in [1.807, 2.05) is 20.8 Å². The van der Waals surface area contributed by atoms with Crippen molar-refractivity contribution in [3.8, 4) is 0 Å². The van der Waals surface area contributed by atoms with E-state index in [1.165, 1.54) is 0 Å². The fourth-order valence-electron chi connectivity index (χ4n) is 1.18. The van der Waals surface area contributed by atoms with Gasteiger partial charge in [-0.2, -0.15) is 0 Å². The molecule has 0 aromatic carbocycles. The van der Waals surface area contributed by atoms with Crippen LogP contribution in [0.1, 0.15) is 30.2 Å². The Bertz CT molecular complexity index is 333. The highest BCUT2D eigenvalue weighted by Crippen LogP contribution is 2.07. The van der Waals surface area contributed by atoms with E-state index < -0.39 is 0 Å². The number of carbonyl (C=O) groups excluding carboxylic acids is 1. The van der Waals surface area contributed by atoms with Crippen LogP contribution >= 0.6 is 0 Å². The van der Waals surface area contributed by atoms with Gasteiger partial charge in [0.2, 0.25) is 0 Å². The quantitative estimate of drug-likeness (QED) is 0.787. The van der Waals surface area contributed by atoms with Gasteiger partial charge in [0.05, 0.1) is 0 Å². The molecule has 0 saturated heterocycles. The molecule has 84 valence electrons. The molecular formula is C11H18N2O2. The van der Waals surface area contributed by atoms with Crippen molar-refractivity contribution in [1.29, 1.82) is 0 Å². The Labute approximate surface area is 89.8 Å². The third kappa shape index (κ3) is 3.09. The second kappa shape index (κ2) is 4.98. The van der Waals surface area contributed by atoms with Crippen molar-refractivity contribution >= 4 is 5.91 Å². The second-order valence-electron chi connectivity index (χ2n) is 3.89. The average Bonchev–Trinajstić information content (AvgIpc) is 2.63. The van der Waals surface area contributed by atoms with E-state index in [9.17, 15) is 4.79 Å². The summed E-state index contributed by atoms with van der Waals surface area (Å²) in [6.45, 7) is 6.30. The predicted molar refractivity (Wildman–Crippen MR) is 58.6 cm³/mol. The number of nitrogens with one attached hydrogen (secondary N) is 1. The summed E-state index contributed by atoms with van der Waals surface area (Å²) in [5, 5.41) is 2.85. The van der Waals surface area contributed by atoms with Crippen LogP contribution in [0.2, 0.25) is 0 Å². The molecule has 0 aliphatic heterocycles. The molecule has 0 saturated carbocycles. The molecule has 2 unspecified atom stereocenters. The molecule has 15 heavy (non-hydrogen) atoms. The fraction of sp³-hybridized carbons (Fsp3) is 0.545. The Morgan fingerprint density at radius 3 is 2.67 bits per heavy atom. The summed E-state index contributed by atoms with van der Waals surface area (Å²) < 4.78 is 5.22. The Balaban J connectivity index is 2.56. The molecule has 1 rings (SSSR count). The topological polar surface area (TPSA) is 68.3 Å². The van der Waals surface area contributed by atoms with Crippen molar-refractivity contribution in [2.45, 2.75) is 26.8 Å². The maximum absolute atomic E-state index is 11.6. The number of hydrogen-bond donors (Lipinski definition) is 2. The lowest BCUT2D eigenvalue weighted by molar-refractivity contribution is 0.0900. The maximum atomic E-state index is 11.6. The van der Waals surface area contributed by atoms with Gasteiger partial charge in [-0.05, 0) is 38.4 Å². The minimum Gasteiger partial charge on any atom is -0.456 e. The van der Waals surface area contributed by atoms with Crippen LogP contribution in [0.3, 0.4) is 0 Å². The van der Waals surface area contributed by atoms with Crippen LogP contribution in [-0.2, 0) is 0 Å². The van der Waals surface area contributed by atoms with Crippen LogP contribution in [0.25, 0.3) is 0 Å². The van der Waals surface area contributed by atoms with Crippen molar-refractivity contribution in [1.82, 2.24) is 5.32 Å². The molecule has 3 N–H and O–H groups in total. The van der Waals surface area contributed by atoms with E-state index >= 15 is 0 Å². The number of nitrogens with two attached hydrogens (primary N) is 1. The van der Waals surface area contributed by atoms with Crippen LogP contribution in [0.4, 0.5) is 0 Å². The molecule has 1 amide bonds. The van der Waals surface area contributed by atoms with Crippen molar-refractivity contribution in [2.24, 2.45) is 11.7 Å². The van der Waals surface area contributed by atoms with Crippen molar-refractivity contribution < 1.29 is 9.21 Å². The van der Waals surface area contributed by atoms with Crippen LogP contribution in [0, 0.1) is 12.8 Å². The van der Waals surface area contributed by atoms with Gasteiger partial charge in [-0.3, -0.25) is 4.79 Å². The minimum atomic E-state index is -0.184. The maximum Gasteiger partial charge on any atom is 0.287 e. The lowest BCUT2D eigenvalue weighted by atomic mass is 10.0. The molecule has 0 aliphatic carbocycles. The van der Waals surface area contributed by atoms with Gasteiger partial charge >= 0.3 is 0 Å². The molecule has 1 aromatic rings. The van der Waals surface area contributed by atoms with Crippen molar-refractivity contribution in [3.05, 3.63) is 23.7 Å². The summed E-state index contributed by atoms with van der Waals surface area (Å²) in [5.74, 6) is 1.16. The van der Waals surface area contributed by atoms with E-state index in [-0.39, 0.29) is 17.9 Å². The highest BCUT2D eigenvalue weighted by molar-refractivity contribution is 5.91. The zero-order valence-corrected chi connectivity index (χ0v) is 9.41. The highest BCUT2D eigenvalue weighted by atomic mass is 16.3. The Morgan fingerprint density at radius 2 is 2.20 bits per heavy atom. The molecule has 0 aliphatic rings. The van der Waals surface area contributed by atoms with E-state index in [0.717, 1.165) is 5.76 Å². The fourth-order valence-corrected chi connectivity index (χ4v) is 1.18. The molecule has 0 radical (unpaired) electrons. The third-order valence-corrected chi connectivity index (χ3v) is 2.55. The van der Waals surface area contributed by atoms with Gasteiger partial charge < -0.3 is 15.5 Å². The van der Waals surface area contributed by atoms with Crippen LogP contribution < -0.4 is 11.1 Å². The van der Waals surface area contributed by atoms with Gasteiger partial charge in [0.25, 0.3) is 5.91 Å². The van der Waals surface area contributed by atoms with Gasteiger partial charge in [-0.15, -0.1) is 0 Å². The zero-order valence-electron chi connectivity index (χ0n) is 9.41. The molecule has 0 bridgehead atoms. The number of furan rings is 1. The number of rotatable bonds is 4. The van der Waals surface area contributed by atoms with E-state index in [1.54, 1.807) is 12.1 Å². The van der Waals surface area contributed by atoms with Gasteiger partial charge in [0.1, 0.15) is 5.76 Å². The first-order valence-corrected chi connectivity index (χ1v) is 5.12. The summed E-state index contributed by atoms with van der Waals surface area (Å²) in [5.41, 5.74) is 5.52. The number of hydrogen-bond acceptors (Lipinski definition) is 3. The summed E-state index contributed by atoms with van der Waals surface area (Å²) in [6.07, 6.45) is 0. The van der Waals surface area contributed by atoms with Crippen LogP contribution in [0.15, 0.2) is 16.5 Å². The Morgan fingerprint density at radius 1 is 1.53 bits per heavy atom. The van der Waals surface area contributed by atoms with E-state index in [2.05, 4.69) is 5.32 Å². The van der Waals surface area contributed by atoms with Crippen molar-refractivity contribution in [2.75, 3.05) is 6.54 Å². The molecular weight excluding hydrogens is 192 g/mol. The molecule has 4 nitrogen and oxygen atoms in total. The highest BCUT2D eigenvalue weighted by Gasteiger charge is 2.16. The first kappa shape index (κ1) is 11.8. The van der Waals surface area contributed by atoms with E-state index in [4.69, 9.17) is 10.2 Å². The van der Waals surface area contributed by atoms with Crippen LogP contribution in [-0.4, -0.2) is 18.5 Å². The van der Waals surface area contributed by atoms with E-state index in [0.29, 0.717) is 12.3 Å². The molecule has 0 spiro atoms. The SMILES string of the molecule is Cc1ccc(C(=O)NC(C)C(C)CN)o1. The monoisotopic (exact) mass is 210 g/mol. The molecule has 2 atom stereocenters. The second-order valence-corrected chi connectivity index (χ2v) is 3.89. The lowest BCUT2D eigenvalue weighted by Crippen LogP contribution is -2.39. The third-order valence-electron chi connectivity index (χ3n) is 2.55. The number of carbonyl (C=O) groups is 1. The standard InChI is InChI=1S/C11H18N2O2/c1-7(6-12)9(3)13-11(14)10-5-4-8(2)15-10/h4-5,7,9H,6,12H2,1-3H3,(H,13,14). The first-order chi connectivity index (χ1) is 7.04. The van der Waals surface area contributed by atoms with Gasteiger partial charge in [-0.1, -0.05) is 6.92 Å². The lowest BCUT2D eigenvalue weighted by Gasteiger charge is -2.18. The Hall–Kier alpha value is -1.29. The molecule has 1 aromatic heterocycles. The van der Waals surface area contributed by atoms with Gasteiger partial charge in [0, 0.05) is 6.04 Å². The zero-order chi connectivity index (χ0) is 11.4. The first-order valence-electron chi connectivity index (χ1n) is 5.12. The minimum absolute atomic E-state index is 0.0490. The summed E-state index contributed by atoms with van der Waals surface area (Å²) in [4.78, 5) is 11.6. The van der Waals surface area contributed by atoms with Gasteiger partial charge in [0.15, 0.2) is 5.76 Å². The van der Waals surface area contributed by atoms with Gasteiger partial charge in [-0.25, -0.2) is 0 Å². The van der Waals surface area contributed by atoms with Crippen molar-refractivity contribution in [3.63, 3.8) is 0 Å². The average molecular weight is 210 g/mol. The summed E-state index contributed by atoms with van der Waals surface area (Å²) >= 11 is 0. The van der Waals surface area contributed by atoms with Crippen LogP contribution in [0.5, 0.6) is 0 Å². The largest absolute Gasteiger partial charge is 0.456 e. The summed E-state index contributed by atoms with van der Waals surface area (Å²) in [7, 11) is 0. The molecule has 1 heterocycles. The normalized spacial score (nSPS) is 14.7. The molecule has 0 fully saturated rings. The number of aryl methyl sites for hydroxylation is 1. The smallest absolute Gasteiger partial charge is 0.287 e. The molecule has 4 heteroatoms. The Kier molecular flexibility index (Phi) is 3.91. The number of amides is 1. The summed E-state index contributed by atoms with van der Waals surface area (Å²) in [6, 6.07) is 3.49. The predicted octanol–water partition coefficient (Wildman–Crippen LogP) is 1.30.